The fourth-order valence-corrected chi connectivity index (χ4v) is 4.46. The zero-order chi connectivity index (χ0) is 22.9. The van der Waals surface area contributed by atoms with Crippen LogP contribution in [0.2, 0.25) is 5.02 Å². The molecule has 0 N–H and O–H groups in total. The molecule has 31 heavy (non-hydrogen) atoms. The molecule has 9 heteroatoms. The fraction of sp³-hybridized carbons (Fsp3) is 0.500. The Balaban J connectivity index is 1.85. The van der Waals surface area contributed by atoms with Gasteiger partial charge in [-0.05, 0) is 36.8 Å². The lowest BCUT2D eigenvalue weighted by Gasteiger charge is -2.31. The third-order valence-electron chi connectivity index (χ3n) is 5.86. The monoisotopic (exact) mass is 447 g/mol. The van der Waals surface area contributed by atoms with Gasteiger partial charge in [-0.3, -0.25) is 29.4 Å². The Kier molecular flexibility index (Phi) is 6.79. The molecule has 1 aromatic rings. The van der Waals surface area contributed by atoms with Crippen LogP contribution in [0.5, 0.6) is 0 Å². The van der Waals surface area contributed by atoms with Gasteiger partial charge in [-0.25, -0.2) is 0 Å². The summed E-state index contributed by atoms with van der Waals surface area (Å²) >= 11 is 6.18. The Bertz CT molecular complexity index is 919. The van der Waals surface area contributed by atoms with Gasteiger partial charge < -0.3 is 4.90 Å². The minimum atomic E-state index is -0.909. The second kappa shape index (κ2) is 9.18. The van der Waals surface area contributed by atoms with Crippen molar-refractivity contribution >= 4 is 35.0 Å². The number of carbonyl (C=O) groups excluding carboxylic acids is 3. The molecule has 166 valence electrons. The van der Waals surface area contributed by atoms with Crippen molar-refractivity contribution in [1.82, 2.24) is 9.80 Å². The van der Waals surface area contributed by atoms with Crippen LogP contribution in [0, 0.1) is 27.9 Å². The van der Waals surface area contributed by atoms with E-state index in [1.165, 1.54) is 23.1 Å². The maximum absolute atomic E-state index is 13.4. The number of likely N-dealkylation sites (tertiary alicyclic amines) is 1. The molecule has 0 radical (unpaired) electrons. The van der Waals surface area contributed by atoms with Crippen molar-refractivity contribution in [2.24, 2.45) is 17.8 Å². The minimum absolute atomic E-state index is 0.0264. The van der Waals surface area contributed by atoms with Crippen LogP contribution in [-0.4, -0.2) is 45.5 Å². The van der Waals surface area contributed by atoms with E-state index in [9.17, 15) is 24.5 Å². The van der Waals surface area contributed by atoms with E-state index in [0.717, 1.165) is 4.90 Å². The number of nitro benzene ring substituents is 1. The first-order valence-corrected chi connectivity index (χ1v) is 10.7. The summed E-state index contributed by atoms with van der Waals surface area (Å²) in [6.45, 7) is 3.88. The highest BCUT2D eigenvalue weighted by molar-refractivity contribution is 6.31. The van der Waals surface area contributed by atoms with E-state index in [1.54, 1.807) is 7.05 Å². The van der Waals surface area contributed by atoms with Gasteiger partial charge in [0.2, 0.25) is 17.7 Å². The van der Waals surface area contributed by atoms with E-state index in [2.05, 4.69) is 0 Å². The van der Waals surface area contributed by atoms with Gasteiger partial charge in [-0.1, -0.05) is 37.6 Å². The summed E-state index contributed by atoms with van der Waals surface area (Å²) in [5, 5.41) is 11.4. The van der Waals surface area contributed by atoms with Crippen LogP contribution >= 0.6 is 11.6 Å². The summed E-state index contributed by atoms with van der Waals surface area (Å²) in [4.78, 5) is 52.5. The number of non-ortho nitro benzene ring substituents is 1. The van der Waals surface area contributed by atoms with Gasteiger partial charge in [0.25, 0.3) is 5.69 Å². The Morgan fingerprint density at radius 2 is 1.81 bits per heavy atom. The number of imide groups is 1. The first-order valence-electron chi connectivity index (χ1n) is 10.3. The molecule has 1 saturated heterocycles. The number of rotatable bonds is 7. The van der Waals surface area contributed by atoms with Crippen molar-refractivity contribution in [1.29, 1.82) is 0 Å². The number of benzene rings is 1. The smallest absolute Gasteiger partial charge is 0.269 e. The van der Waals surface area contributed by atoms with E-state index >= 15 is 0 Å². The summed E-state index contributed by atoms with van der Waals surface area (Å²) in [6, 6.07) is 3.14. The van der Waals surface area contributed by atoms with Gasteiger partial charge in [0, 0.05) is 30.7 Å². The average molecular weight is 448 g/mol. The van der Waals surface area contributed by atoms with Crippen molar-refractivity contribution in [3.63, 3.8) is 0 Å². The van der Waals surface area contributed by atoms with Crippen molar-refractivity contribution in [2.45, 2.75) is 45.7 Å². The summed E-state index contributed by atoms with van der Waals surface area (Å²) in [5.74, 6) is -1.71. The highest BCUT2D eigenvalue weighted by Crippen LogP contribution is 2.37. The largest absolute Gasteiger partial charge is 0.340 e. The van der Waals surface area contributed by atoms with E-state index in [0.29, 0.717) is 29.8 Å². The van der Waals surface area contributed by atoms with Gasteiger partial charge in [-0.15, -0.1) is 0 Å². The Morgan fingerprint density at radius 3 is 2.32 bits per heavy atom. The molecule has 1 aromatic carbocycles. The molecule has 1 aliphatic heterocycles. The number of nitrogens with zero attached hydrogens (tertiary/aromatic N) is 3. The van der Waals surface area contributed by atoms with Crippen LogP contribution in [0.1, 0.15) is 38.7 Å². The lowest BCUT2D eigenvalue weighted by molar-refractivity contribution is -0.384. The molecule has 2 aliphatic rings. The van der Waals surface area contributed by atoms with Gasteiger partial charge in [-0.2, -0.15) is 0 Å². The summed E-state index contributed by atoms with van der Waals surface area (Å²) in [5.41, 5.74) is 0.299. The van der Waals surface area contributed by atoms with Gasteiger partial charge in [0.15, 0.2) is 0 Å². The van der Waals surface area contributed by atoms with Crippen LogP contribution in [0.25, 0.3) is 0 Å². The quantitative estimate of drug-likeness (QED) is 0.275. The predicted octanol–water partition coefficient (Wildman–Crippen LogP) is 3.57. The molecule has 3 atom stereocenters. The van der Waals surface area contributed by atoms with E-state index in [-0.39, 0.29) is 35.9 Å². The zero-order valence-electron chi connectivity index (χ0n) is 17.8. The van der Waals surface area contributed by atoms with Crippen LogP contribution in [0.3, 0.4) is 0 Å². The van der Waals surface area contributed by atoms with Crippen molar-refractivity contribution in [2.75, 3.05) is 7.05 Å². The number of nitro groups is 1. The van der Waals surface area contributed by atoms with Crippen molar-refractivity contribution < 1.29 is 19.3 Å². The summed E-state index contributed by atoms with van der Waals surface area (Å²) in [7, 11) is 1.55. The topological polar surface area (TPSA) is 101 Å². The Hall–Kier alpha value is -2.74. The molecule has 1 heterocycles. The second-order valence-electron chi connectivity index (χ2n) is 8.57. The number of hydrogen-bond donors (Lipinski definition) is 0. The first kappa shape index (κ1) is 22.9. The predicted molar refractivity (Wildman–Crippen MR) is 115 cm³/mol. The number of allylic oxidation sites excluding steroid dienone is 2. The van der Waals surface area contributed by atoms with Crippen molar-refractivity contribution in [3.05, 3.63) is 51.1 Å². The maximum Gasteiger partial charge on any atom is 0.269 e. The molecule has 1 aliphatic carbocycles. The lowest BCUT2D eigenvalue weighted by atomic mass is 9.85. The minimum Gasteiger partial charge on any atom is -0.340 e. The lowest BCUT2D eigenvalue weighted by Crippen LogP contribution is -2.50. The molecule has 3 unspecified atom stereocenters. The Morgan fingerprint density at radius 1 is 1.23 bits per heavy atom. The first-order chi connectivity index (χ1) is 14.6. The van der Waals surface area contributed by atoms with Crippen LogP contribution in [0.4, 0.5) is 5.69 Å². The number of fused-ring (bicyclic) bond motifs is 1. The fourth-order valence-electron chi connectivity index (χ4n) is 4.28. The highest BCUT2D eigenvalue weighted by atomic mass is 35.5. The second-order valence-corrected chi connectivity index (χ2v) is 8.98. The number of halogens is 1. The van der Waals surface area contributed by atoms with Crippen molar-refractivity contribution in [3.8, 4) is 0 Å². The highest BCUT2D eigenvalue weighted by Gasteiger charge is 2.51. The Labute approximate surface area is 186 Å². The van der Waals surface area contributed by atoms with Crippen LogP contribution < -0.4 is 0 Å². The third kappa shape index (κ3) is 4.63. The molecule has 8 nitrogen and oxygen atoms in total. The van der Waals surface area contributed by atoms with Crippen LogP contribution in [0.15, 0.2) is 30.4 Å². The van der Waals surface area contributed by atoms with Gasteiger partial charge >= 0.3 is 0 Å². The molecule has 1 fully saturated rings. The number of amides is 3. The normalized spacial score (nSPS) is 21.4. The van der Waals surface area contributed by atoms with Gasteiger partial charge in [0.1, 0.15) is 6.04 Å². The zero-order valence-corrected chi connectivity index (χ0v) is 18.5. The molecule has 0 bridgehead atoms. The SMILES string of the molecule is CC(C)CC(C(=O)N(C)Cc1cc([N+](=O)[O-])ccc1Cl)N1C(=O)C2CC=CCC2C1=O. The molecule has 0 aromatic heterocycles. The van der Waals surface area contributed by atoms with Gasteiger partial charge in [0.05, 0.1) is 16.8 Å². The third-order valence-corrected chi connectivity index (χ3v) is 6.23. The number of hydrogen-bond acceptors (Lipinski definition) is 5. The summed E-state index contributed by atoms with van der Waals surface area (Å²) in [6.07, 6.45) is 5.17. The molecule has 0 saturated carbocycles. The standard InChI is InChI=1S/C22H26ClN3O5/c1-13(2)10-19(25-20(27)16-6-4-5-7-17(16)21(25)28)22(29)24(3)12-14-11-15(26(30)31)8-9-18(14)23/h4-5,8-9,11,13,16-17,19H,6-7,10,12H2,1-3H3. The summed E-state index contributed by atoms with van der Waals surface area (Å²) < 4.78 is 0. The maximum atomic E-state index is 13.4. The van der Waals surface area contributed by atoms with Crippen LogP contribution in [-0.2, 0) is 20.9 Å². The molecule has 0 spiro atoms. The van der Waals surface area contributed by atoms with E-state index in [4.69, 9.17) is 11.6 Å². The molecule has 3 amide bonds. The molecular formula is C22H26ClN3O5. The number of likely N-dealkylation sites (N-methyl/N-ethyl adjacent to an activating group) is 1. The van der Waals surface area contributed by atoms with E-state index < -0.39 is 22.8 Å². The number of carbonyl (C=O) groups is 3. The van der Waals surface area contributed by atoms with E-state index in [1.807, 2.05) is 26.0 Å². The average Bonchev–Trinajstić information content (AvgIpc) is 2.97. The molecular weight excluding hydrogens is 422 g/mol. The molecule has 3 rings (SSSR count).